The summed E-state index contributed by atoms with van der Waals surface area (Å²) in [4.78, 5) is 0. The fourth-order valence-electron chi connectivity index (χ4n) is 2.21. The molecule has 0 saturated heterocycles. The lowest BCUT2D eigenvalue weighted by Crippen LogP contribution is -1.98. The van der Waals surface area contributed by atoms with Crippen molar-refractivity contribution in [2.75, 3.05) is 14.2 Å². The molecule has 0 fully saturated rings. The lowest BCUT2D eigenvalue weighted by molar-refractivity contribution is 0.200. The Morgan fingerprint density at radius 3 is 2.21 bits per heavy atom. The van der Waals surface area contributed by atoms with Gasteiger partial charge in [-0.2, -0.15) is 0 Å². The van der Waals surface area contributed by atoms with E-state index in [1.807, 2.05) is 42.5 Å². The van der Waals surface area contributed by atoms with Crippen molar-refractivity contribution in [2.45, 2.75) is 13.0 Å². The van der Waals surface area contributed by atoms with Crippen LogP contribution in [0.4, 0.5) is 0 Å². The summed E-state index contributed by atoms with van der Waals surface area (Å²) < 4.78 is 10.8. The average Bonchev–Trinajstić information content (AvgIpc) is 2.46. The van der Waals surface area contributed by atoms with E-state index in [2.05, 4.69) is 0 Å². The zero-order chi connectivity index (χ0) is 13.8. The van der Waals surface area contributed by atoms with Crippen LogP contribution in [0.25, 0.3) is 11.1 Å². The van der Waals surface area contributed by atoms with Crippen LogP contribution < -0.4 is 9.47 Å². The highest BCUT2D eigenvalue weighted by Crippen LogP contribution is 2.40. The molecule has 0 amide bonds. The van der Waals surface area contributed by atoms with Crippen molar-refractivity contribution < 1.29 is 14.6 Å². The topological polar surface area (TPSA) is 38.7 Å². The van der Waals surface area contributed by atoms with E-state index in [9.17, 15) is 5.11 Å². The molecule has 3 nitrogen and oxygen atoms in total. The van der Waals surface area contributed by atoms with Gasteiger partial charge in [-0.1, -0.05) is 36.4 Å². The summed E-state index contributed by atoms with van der Waals surface area (Å²) in [7, 11) is 3.23. The van der Waals surface area contributed by atoms with Crippen molar-refractivity contribution in [3.63, 3.8) is 0 Å². The summed E-state index contributed by atoms with van der Waals surface area (Å²) in [6.45, 7) is 1.76. The van der Waals surface area contributed by atoms with Crippen molar-refractivity contribution in [3.05, 3.63) is 48.0 Å². The Labute approximate surface area is 113 Å². The van der Waals surface area contributed by atoms with E-state index in [1.165, 1.54) is 0 Å². The van der Waals surface area contributed by atoms with E-state index in [0.29, 0.717) is 11.5 Å². The number of aliphatic hydroxyl groups is 1. The third-order valence-corrected chi connectivity index (χ3v) is 3.10. The summed E-state index contributed by atoms with van der Waals surface area (Å²) >= 11 is 0. The van der Waals surface area contributed by atoms with Gasteiger partial charge < -0.3 is 14.6 Å². The molecule has 0 aliphatic carbocycles. The number of para-hydroxylation sites is 1. The van der Waals surface area contributed by atoms with Crippen LogP contribution in [0.15, 0.2) is 42.5 Å². The fraction of sp³-hybridized carbons (Fsp3) is 0.250. The van der Waals surface area contributed by atoms with Crippen LogP contribution in [0.3, 0.4) is 0 Å². The lowest BCUT2D eigenvalue weighted by Gasteiger charge is -2.16. The van der Waals surface area contributed by atoms with Gasteiger partial charge in [0.1, 0.15) is 0 Å². The molecule has 0 radical (unpaired) electrons. The second-order valence-corrected chi connectivity index (χ2v) is 4.30. The number of methoxy groups -OCH3 is 2. The molecule has 19 heavy (non-hydrogen) atoms. The van der Waals surface area contributed by atoms with Gasteiger partial charge in [-0.3, -0.25) is 0 Å². The summed E-state index contributed by atoms with van der Waals surface area (Å²) in [5.74, 6) is 1.36. The highest BCUT2D eigenvalue weighted by Gasteiger charge is 2.15. The predicted octanol–water partition coefficient (Wildman–Crippen LogP) is 3.42. The van der Waals surface area contributed by atoms with E-state index in [1.54, 1.807) is 21.1 Å². The molecule has 0 saturated carbocycles. The van der Waals surface area contributed by atoms with E-state index in [4.69, 9.17) is 9.47 Å². The molecule has 0 aromatic heterocycles. The Morgan fingerprint density at radius 2 is 1.58 bits per heavy atom. The van der Waals surface area contributed by atoms with Crippen molar-refractivity contribution in [1.82, 2.24) is 0 Å². The second kappa shape index (κ2) is 5.76. The number of benzene rings is 2. The molecule has 0 aliphatic heterocycles. The zero-order valence-corrected chi connectivity index (χ0v) is 11.4. The summed E-state index contributed by atoms with van der Waals surface area (Å²) in [5, 5.41) is 9.88. The molecule has 0 aliphatic rings. The first-order valence-electron chi connectivity index (χ1n) is 6.17. The van der Waals surface area contributed by atoms with Gasteiger partial charge in [-0.15, -0.1) is 0 Å². The van der Waals surface area contributed by atoms with E-state index in [0.717, 1.165) is 16.7 Å². The van der Waals surface area contributed by atoms with Gasteiger partial charge in [-0.05, 0) is 24.1 Å². The van der Waals surface area contributed by atoms with Crippen molar-refractivity contribution >= 4 is 0 Å². The Kier molecular flexibility index (Phi) is 4.07. The standard InChI is InChI=1S/C16H18O3/c1-11(17)12-7-4-5-8-13(12)14-9-6-10-15(18-2)16(14)19-3/h4-11,17H,1-3H3. The van der Waals surface area contributed by atoms with Gasteiger partial charge in [0.05, 0.1) is 20.3 Å². The zero-order valence-electron chi connectivity index (χ0n) is 11.4. The molecule has 1 atom stereocenters. The molecule has 0 spiro atoms. The minimum Gasteiger partial charge on any atom is -0.493 e. The third-order valence-electron chi connectivity index (χ3n) is 3.10. The molecular weight excluding hydrogens is 240 g/mol. The smallest absolute Gasteiger partial charge is 0.168 e. The van der Waals surface area contributed by atoms with Crippen molar-refractivity contribution in [2.24, 2.45) is 0 Å². The number of rotatable bonds is 4. The Hall–Kier alpha value is -2.00. The first-order chi connectivity index (χ1) is 9.19. The molecule has 0 bridgehead atoms. The van der Waals surface area contributed by atoms with E-state index in [-0.39, 0.29) is 0 Å². The number of hydrogen-bond acceptors (Lipinski definition) is 3. The second-order valence-electron chi connectivity index (χ2n) is 4.30. The Balaban J connectivity index is 2.65. The van der Waals surface area contributed by atoms with Crippen LogP contribution in [0.5, 0.6) is 11.5 Å². The van der Waals surface area contributed by atoms with E-state index < -0.39 is 6.10 Å². The molecule has 100 valence electrons. The monoisotopic (exact) mass is 258 g/mol. The van der Waals surface area contributed by atoms with Gasteiger partial charge in [0.25, 0.3) is 0 Å². The fourth-order valence-corrected chi connectivity index (χ4v) is 2.21. The average molecular weight is 258 g/mol. The molecule has 1 N–H and O–H groups in total. The number of aliphatic hydroxyl groups excluding tert-OH is 1. The van der Waals surface area contributed by atoms with Crippen molar-refractivity contribution in [3.8, 4) is 22.6 Å². The molecule has 2 aromatic rings. The lowest BCUT2D eigenvalue weighted by atomic mass is 9.96. The minimum atomic E-state index is -0.535. The Morgan fingerprint density at radius 1 is 0.895 bits per heavy atom. The van der Waals surface area contributed by atoms with Crippen LogP contribution in [0, 0.1) is 0 Å². The van der Waals surface area contributed by atoms with Gasteiger partial charge in [-0.25, -0.2) is 0 Å². The maximum atomic E-state index is 9.88. The maximum absolute atomic E-state index is 9.88. The largest absolute Gasteiger partial charge is 0.493 e. The van der Waals surface area contributed by atoms with Gasteiger partial charge in [0, 0.05) is 5.56 Å². The molecule has 0 heterocycles. The first kappa shape index (κ1) is 13.4. The number of ether oxygens (including phenoxy) is 2. The van der Waals surface area contributed by atoms with Crippen LogP contribution in [-0.2, 0) is 0 Å². The van der Waals surface area contributed by atoms with Crippen LogP contribution in [0.2, 0.25) is 0 Å². The SMILES string of the molecule is COc1cccc(-c2ccccc2C(C)O)c1OC. The first-order valence-corrected chi connectivity index (χ1v) is 6.17. The highest BCUT2D eigenvalue weighted by atomic mass is 16.5. The Bertz CT molecular complexity index is 562. The minimum absolute atomic E-state index is 0.535. The third kappa shape index (κ3) is 2.56. The molecule has 3 heteroatoms. The number of hydrogen-bond donors (Lipinski definition) is 1. The van der Waals surface area contributed by atoms with Crippen molar-refractivity contribution in [1.29, 1.82) is 0 Å². The van der Waals surface area contributed by atoms with E-state index >= 15 is 0 Å². The quantitative estimate of drug-likeness (QED) is 0.913. The maximum Gasteiger partial charge on any atom is 0.168 e. The summed E-state index contributed by atoms with van der Waals surface area (Å²) in [6, 6.07) is 13.5. The molecular formula is C16H18O3. The van der Waals surface area contributed by atoms with Gasteiger partial charge in [0.15, 0.2) is 11.5 Å². The van der Waals surface area contributed by atoms with Crippen LogP contribution in [0.1, 0.15) is 18.6 Å². The molecule has 1 unspecified atom stereocenters. The highest BCUT2D eigenvalue weighted by molar-refractivity contribution is 5.76. The summed E-state index contributed by atoms with van der Waals surface area (Å²) in [5.41, 5.74) is 2.74. The van der Waals surface area contributed by atoms with Crippen LogP contribution >= 0.6 is 0 Å². The molecule has 2 aromatic carbocycles. The van der Waals surface area contributed by atoms with Gasteiger partial charge in [0.2, 0.25) is 0 Å². The van der Waals surface area contributed by atoms with Gasteiger partial charge >= 0.3 is 0 Å². The van der Waals surface area contributed by atoms with Crippen LogP contribution in [-0.4, -0.2) is 19.3 Å². The normalized spacial score (nSPS) is 12.0. The molecule has 2 rings (SSSR count). The summed E-state index contributed by atoms with van der Waals surface area (Å²) in [6.07, 6.45) is -0.535. The predicted molar refractivity (Wildman–Crippen MR) is 75.6 cm³/mol.